The molecule has 172 valence electrons. The zero-order chi connectivity index (χ0) is 24.1. The molecule has 0 fully saturated rings. The summed E-state index contributed by atoms with van der Waals surface area (Å²) in [6.45, 7) is -0.123. The van der Waals surface area contributed by atoms with Crippen LogP contribution in [0.2, 0.25) is 0 Å². The summed E-state index contributed by atoms with van der Waals surface area (Å²) in [5.41, 5.74) is 1.15. The minimum absolute atomic E-state index is 0.0114. The van der Waals surface area contributed by atoms with Gasteiger partial charge in [0.1, 0.15) is 0 Å². The average Bonchev–Trinajstić information content (AvgIpc) is 2.74. The SMILES string of the molecule is C#CCNS(=O)(=O)Cc1cccc(Nc2nc(Nc3cccc(S(N)(=O)=O)c3)ncc2F)c1. The molecule has 0 aliphatic rings. The number of sulfonamides is 2. The number of hydrogen-bond donors (Lipinski definition) is 4. The van der Waals surface area contributed by atoms with Crippen molar-refractivity contribution >= 4 is 43.2 Å². The lowest BCUT2D eigenvalue weighted by Crippen LogP contribution is -2.25. The molecule has 0 radical (unpaired) electrons. The van der Waals surface area contributed by atoms with Crippen LogP contribution in [0.25, 0.3) is 0 Å². The monoisotopic (exact) mass is 490 g/mol. The molecule has 2 aromatic carbocycles. The van der Waals surface area contributed by atoms with Gasteiger partial charge in [-0.2, -0.15) is 4.98 Å². The first-order valence-corrected chi connectivity index (χ1v) is 12.4. The molecule has 0 saturated carbocycles. The Morgan fingerprint density at radius 1 is 1.03 bits per heavy atom. The Labute approximate surface area is 190 Å². The number of halogens is 1. The number of hydrogen-bond acceptors (Lipinski definition) is 8. The molecule has 0 bridgehead atoms. The Hall–Kier alpha value is -3.57. The number of nitrogens with one attached hydrogen (secondary N) is 3. The summed E-state index contributed by atoms with van der Waals surface area (Å²) >= 11 is 0. The quantitative estimate of drug-likeness (QED) is 0.331. The fourth-order valence-corrected chi connectivity index (χ4v) is 4.28. The number of terminal acetylenes is 1. The molecule has 5 N–H and O–H groups in total. The van der Waals surface area contributed by atoms with Crippen LogP contribution in [0.15, 0.2) is 59.6 Å². The van der Waals surface area contributed by atoms with Crippen molar-refractivity contribution in [2.75, 3.05) is 17.2 Å². The Balaban J connectivity index is 1.79. The molecule has 0 atom stereocenters. The highest BCUT2D eigenvalue weighted by Gasteiger charge is 2.13. The van der Waals surface area contributed by atoms with Gasteiger partial charge in [0.05, 0.1) is 23.4 Å². The molecule has 0 spiro atoms. The summed E-state index contributed by atoms with van der Waals surface area (Å²) in [4.78, 5) is 7.78. The molecule has 0 unspecified atom stereocenters. The highest BCUT2D eigenvalue weighted by atomic mass is 32.2. The standard InChI is InChI=1S/C20H19FN6O4S2/c1-2-9-24-32(28,29)13-14-5-3-6-15(10-14)25-19-18(21)12-23-20(27-19)26-16-7-4-8-17(11-16)33(22,30)31/h1,3-8,10-12,24H,9,13H2,(H2,22,30,31)(H2,23,25,26,27). The Kier molecular flexibility index (Phi) is 7.24. The Bertz CT molecular complexity index is 1420. The molecule has 3 rings (SSSR count). The van der Waals surface area contributed by atoms with Crippen molar-refractivity contribution in [1.29, 1.82) is 0 Å². The van der Waals surface area contributed by atoms with Gasteiger partial charge in [0.15, 0.2) is 11.6 Å². The summed E-state index contributed by atoms with van der Waals surface area (Å²) in [7, 11) is -7.54. The first kappa shape index (κ1) is 24.1. The van der Waals surface area contributed by atoms with E-state index in [0.29, 0.717) is 16.9 Å². The summed E-state index contributed by atoms with van der Waals surface area (Å²) in [5.74, 6) is 0.928. The molecule has 3 aromatic rings. The van der Waals surface area contributed by atoms with Crippen molar-refractivity contribution in [2.45, 2.75) is 10.6 Å². The van der Waals surface area contributed by atoms with Gasteiger partial charge < -0.3 is 10.6 Å². The first-order chi connectivity index (χ1) is 15.6. The number of nitrogens with zero attached hydrogens (tertiary/aromatic N) is 2. The van der Waals surface area contributed by atoms with Crippen LogP contribution in [-0.4, -0.2) is 33.3 Å². The second-order valence-electron chi connectivity index (χ2n) is 6.70. The van der Waals surface area contributed by atoms with Gasteiger partial charge in [0, 0.05) is 11.4 Å². The molecule has 0 aliphatic carbocycles. The molecule has 33 heavy (non-hydrogen) atoms. The number of aromatic nitrogens is 2. The van der Waals surface area contributed by atoms with Gasteiger partial charge in [-0.3, -0.25) is 0 Å². The lowest BCUT2D eigenvalue weighted by Gasteiger charge is -2.11. The van der Waals surface area contributed by atoms with Gasteiger partial charge in [-0.1, -0.05) is 24.1 Å². The molecule has 1 aromatic heterocycles. The molecule has 10 nitrogen and oxygen atoms in total. The maximum absolute atomic E-state index is 14.3. The van der Waals surface area contributed by atoms with Crippen molar-refractivity contribution in [3.63, 3.8) is 0 Å². The van der Waals surface area contributed by atoms with Gasteiger partial charge in [0.25, 0.3) is 0 Å². The van der Waals surface area contributed by atoms with E-state index in [-0.39, 0.29) is 29.0 Å². The number of nitrogens with two attached hydrogens (primary N) is 1. The predicted molar refractivity (Wildman–Crippen MR) is 122 cm³/mol. The van der Waals surface area contributed by atoms with Crippen LogP contribution in [0.3, 0.4) is 0 Å². The maximum Gasteiger partial charge on any atom is 0.238 e. The van der Waals surface area contributed by atoms with Crippen molar-refractivity contribution < 1.29 is 21.2 Å². The van der Waals surface area contributed by atoms with E-state index in [1.165, 1.54) is 24.3 Å². The topological polar surface area (TPSA) is 156 Å². The lowest BCUT2D eigenvalue weighted by atomic mass is 10.2. The Morgan fingerprint density at radius 3 is 2.42 bits per heavy atom. The molecule has 0 saturated heterocycles. The van der Waals surface area contributed by atoms with Gasteiger partial charge >= 0.3 is 0 Å². The van der Waals surface area contributed by atoms with E-state index in [0.717, 1.165) is 6.20 Å². The average molecular weight is 491 g/mol. The predicted octanol–water partition coefficient (Wildman–Crippen LogP) is 1.80. The second-order valence-corrected chi connectivity index (χ2v) is 10.1. The van der Waals surface area contributed by atoms with E-state index < -0.39 is 25.9 Å². The van der Waals surface area contributed by atoms with E-state index in [1.807, 2.05) is 0 Å². The smallest absolute Gasteiger partial charge is 0.238 e. The zero-order valence-electron chi connectivity index (χ0n) is 17.0. The fourth-order valence-electron chi connectivity index (χ4n) is 2.69. The summed E-state index contributed by atoms with van der Waals surface area (Å²) in [6, 6.07) is 12.0. The van der Waals surface area contributed by atoms with E-state index >= 15 is 0 Å². The summed E-state index contributed by atoms with van der Waals surface area (Å²) in [6.07, 6.45) is 6.00. The third-order valence-electron chi connectivity index (χ3n) is 4.10. The van der Waals surface area contributed by atoms with E-state index in [1.54, 1.807) is 24.3 Å². The lowest BCUT2D eigenvalue weighted by molar-refractivity contribution is 0.585. The summed E-state index contributed by atoms with van der Waals surface area (Å²) in [5, 5.41) is 10.7. The minimum Gasteiger partial charge on any atom is -0.338 e. The maximum atomic E-state index is 14.3. The van der Waals surface area contributed by atoms with Crippen LogP contribution in [-0.2, 0) is 25.8 Å². The van der Waals surface area contributed by atoms with E-state index in [9.17, 15) is 21.2 Å². The van der Waals surface area contributed by atoms with Crippen LogP contribution in [0.4, 0.5) is 27.5 Å². The number of rotatable bonds is 9. The second kappa shape index (κ2) is 9.92. The van der Waals surface area contributed by atoms with Crippen molar-refractivity contribution in [3.05, 3.63) is 66.1 Å². The first-order valence-electron chi connectivity index (χ1n) is 9.25. The van der Waals surface area contributed by atoms with Crippen LogP contribution < -0.4 is 20.5 Å². The molecule has 13 heteroatoms. The van der Waals surface area contributed by atoms with Crippen LogP contribution >= 0.6 is 0 Å². The van der Waals surface area contributed by atoms with Gasteiger partial charge in [-0.05, 0) is 35.9 Å². The minimum atomic E-state index is -3.91. The largest absolute Gasteiger partial charge is 0.338 e. The van der Waals surface area contributed by atoms with Crippen LogP contribution in [0.1, 0.15) is 5.56 Å². The van der Waals surface area contributed by atoms with Crippen molar-refractivity contribution in [3.8, 4) is 12.3 Å². The van der Waals surface area contributed by atoms with E-state index in [4.69, 9.17) is 11.6 Å². The van der Waals surface area contributed by atoms with E-state index in [2.05, 4.69) is 31.2 Å². The molecular formula is C20H19FN6O4S2. The van der Waals surface area contributed by atoms with Crippen molar-refractivity contribution in [2.24, 2.45) is 5.14 Å². The molecular weight excluding hydrogens is 471 g/mol. The molecule has 1 heterocycles. The van der Waals surface area contributed by atoms with Crippen LogP contribution in [0.5, 0.6) is 0 Å². The van der Waals surface area contributed by atoms with Crippen LogP contribution in [0, 0.1) is 18.2 Å². The molecule has 0 aliphatic heterocycles. The zero-order valence-corrected chi connectivity index (χ0v) is 18.6. The fraction of sp³-hybridized carbons (Fsp3) is 0.100. The van der Waals surface area contributed by atoms with Gasteiger partial charge in [0.2, 0.25) is 26.0 Å². The highest BCUT2D eigenvalue weighted by molar-refractivity contribution is 7.89. The third-order valence-corrected chi connectivity index (χ3v) is 6.31. The normalized spacial score (nSPS) is 11.5. The van der Waals surface area contributed by atoms with Crippen molar-refractivity contribution in [1.82, 2.24) is 14.7 Å². The third kappa shape index (κ3) is 6.96. The number of anilines is 4. The highest BCUT2D eigenvalue weighted by Crippen LogP contribution is 2.22. The molecule has 0 amide bonds. The number of primary sulfonamides is 1. The van der Waals surface area contributed by atoms with Gasteiger partial charge in [-0.25, -0.2) is 36.1 Å². The Morgan fingerprint density at radius 2 is 1.73 bits per heavy atom. The number of benzene rings is 2. The van der Waals surface area contributed by atoms with Gasteiger partial charge in [-0.15, -0.1) is 6.42 Å². The summed E-state index contributed by atoms with van der Waals surface area (Å²) < 4.78 is 63.6.